The second-order valence-electron chi connectivity index (χ2n) is 5.76. The molecular weight excluding hydrogens is 538 g/mol. The van der Waals surface area contributed by atoms with Crippen molar-refractivity contribution in [2.45, 2.75) is 32.6 Å². The van der Waals surface area contributed by atoms with Gasteiger partial charge in [-0.1, -0.05) is 34.1 Å². The number of hydrogen-bond donors (Lipinski definition) is 2. The van der Waals surface area contributed by atoms with Crippen molar-refractivity contribution < 1.29 is 13.2 Å². The molecule has 27 heavy (non-hydrogen) atoms. The molecule has 1 aromatic heterocycles. The van der Waals surface area contributed by atoms with Crippen LogP contribution in [0.25, 0.3) is 0 Å². The highest BCUT2D eigenvalue weighted by Gasteiger charge is 2.36. The maximum Gasteiger partial charge on any atom is 0.435 e. The Kier molecular flexibility index (Phi) is 9.06. The van der Waals surface area contributed by atoms with Crippen LogP contribution in [-0.4, -0.2) is 22.3 Å². The van der Waals surface area contributed by atoms with E-state index in [-0.39, 0.29) is 42.1 Å². The van der Waals surface area contributed by atoms with Crippen molar-refractivity contribution >= 4 is 45.9 Å². The summed E-state index contributed by atoms with van der Waals surface area (Å²) in [6.07, 6.45) is -3.16. The summed E-state index contributed by atoms with van der Waals surface area (Å²) in [6.45, 7) is 4.32. The van der Waals surface area contributed by atoms with Crippen LogP contribution in [0, 0.1) is 0 Å². The average Bonchev–Trinajstić information content (AvgIpc) is 2.94. The number of benzene rings is 1. The Labute approximate surface area is 182 Å². The molecule has 0 amide bonds. The summed E-state index contributed by atoms with van der Waals surface area (Å²) in [4.78, 5) is 4.29. The third-order valence-corrected chi connectivity index (χ3v) is 4.37. The Balaban J connectivity index is 0.00000364. The van der Waals surface area contributed by atoms with E-state index in [0.29, 0.717) is 12.5 Å². The molecule has 0 aliphatic heterocycles. The molecule has 0 spiro atoms. The largest absolute Gasteiger partial charge is 0.435 e. The highest BCUT2D eigenvalue weighted by molar-refractivity contribution is 14.0. The predicted molar refractivity (Wildman–Crippen MR) is 114 cm³/mol. The van der Waals surface area contributed by atoms with Crippen LogP contribution in [0.5, 0.6) is 0 Å². The smallest absolute Gasteiger partial charge is 0.357 e. The number of alkyl halides is 3. The Hall–Kier alpha value is -1.30. The highest BCUT2D eigenvalue weighted by atomic mass is 127. The SMILES string of the molecule is CCNC(=NCc1cn(C)nc1C(F)(F)F)NC(C)c1ccccc1Br.I. The molecule has 0 aliphatic rings. The zero-order valence-electron chi connectivity index (χ0n) is 15.1. The van der Waals surface area contributed by atoms with Crippen LogP contribution < -0.4 is 10.6 Å². The molecule has 150 valence electrons. The fraction of sp³-hybridized carbons (Fsp3) is 0.412. The number of aryl methyl sites for hydroxylation is 1. The molecule has 2 aromatic rings. The summed E-state index contributed by atoms with van der Waals surface area (Å²) in [5, 5.41) is 9.77. The van der Waals surface area contributed by atoms with Gasteiger partial charge in [-0.2, -0.15) is 18.3 Å². The van der Waals surface area contributed by atoms with Gasteiger partial charge < -0.3 is 10.6 Å². The second kappa shape index (κ2) is 10.3. The third-order valence-electron chi connectivity index (χ3n) is 3.65. The van der Waals surface area contributed by atoms with Crippen molar-refractivity contribution in [3.63, 3.8) is 0 Å². The van der Waals surface area contributed by atoms with Gasteiger partial charge in [0.05, 0.1) is 12.6 Å². The average molecular weight is 560 g/mol. The molecule has 10 heteroatoms. The summed E-state index contributed by atoms with van der Waals surface area (Å²) < 4.78 is 41.2. The van der Waals surface area contributed by atoms with E-state index in [2.05, 4.69) is 36.7 Å². The molecule has 1 unspecified atom stereocenters. The summed E-state index contributed by atoms with van der Waals surface area (Å²) in [5.74, 6) is 0.438. The van der Waals surface area contributed by atoms with E-state index in [1.54, 1.807) is 0 Å². The van der Waals surface area contributed by atoms with Gasteiger partial charge >= 0.3 is 6.18 Å². The molecule has 2 rings (SSSR count). The molecule has 0 radical (unpaired) electrons. The van der Waals surface area contributed by atoms with Crippen LogP contribution in [0.1, 0.15) is 36.7 Å². The van der Waals surface area contributed by atoms with Gasteiger partial charge in [-0.3, -0.25) is 4.68 Å². The van der Waals surface area contributed by atoms with Gasteiger partial charge in [-0.05, 0) is 25.5 Å². The summed E-state index contributed by atoms with van der Waals surface area (Å²) in [5.41, 5.74) is 0.152. The first-order valence-corrected chi connectivity index (χ1v) is 8.90. The van der Waals surface area contributed by atoms with E-state index in [1.807, 2.05) is 38.1 Å². The summed E-state index contributed by atoms with van der Waals surface area (Å²) >= 11 is 3.50. The van der Waals surface area contributed by atoms with Gasteiger partial charge in [0.15, 0.2) is 11.7 Å². The number of aromatic nitrogens is 2. The maximum absolute atomic E-state index is 13.0. The van der Waals surface area contributed by atoms with E-state index in [1.165, 1.54) is 13.2 Å². The molecule has 0 saturated heterocycles. The molecule has 0 bridgehead atoms. The van der Waals surface area contributed by atoms with Gasteiger partial charge in [0.1, 0.15) is 0 Å². The minimum Gasteiger partial charge on any atom is -0.357 e. The molecular formula is C17H22BrF3IN5. The monoisotopic (exact) mass is 559 g/mol. The number of halogens is 5. The number of guanidine groups is 1. The van der Waals surface area contributed by atoms with Crippen molar-refractivity contribution in [3.05, 3.63) is 51.8 Å². The minimum atomic E-state index is -4.50. The van der Waals surface area contributed by atoms with Gasteiger partial charge in [-0.15, -0.1) is 24.0 Å². The highest BCUT2D eigenvalue weighted by Crippen LogP contribution is 2.30. The van der Waals surface area contributed by atoms with Crippen LogP contribution >= 0.6 is 39.9 Å². The van der Waals surface area contributed by atoms with Crippen molar-refractivity contribution in [2.75, 3.05) is 6.54 Å². The van der Waals surface area contributed by atoms with E-state index < -0.39 is 11.9 Å². The Morgan fingerprint density at radius 2 is 2.00 bits per heavy atom. The number of aliphatic imine (C=N–C) groups is 1. The van der Waals surface area contributed by atoms with Gasteiger partial charge in [0, 0.05) is 29.8 Å². The zero-order chi connectivity index (χ0) is 19.3. The Bertz CT molecular complexity index is 776. The quantitative estimate of drug-likeness (QED) is 0.319. The van der Waals surface area contributed by atoms with E-state index >= 15 is 0 Å². The van der Waals surface area contributed by atoms with Crippen LogP contribution in [0.4, 0.5) is 13.2 Å². The van der Waals surface area contributed by atoms with Gasteiger partial charge in [0.25, 0.3) is 0 Å². The molecule has 1 atom stereocenters. The number of nitrogens with zero attached hydrogens (tertiary/aromatic N) is 3. The number of nitrogens with one attached hydrogen (secondary N) is 2. The lowest BCUT2D eigenvalue weighted by molar-refractivity contribution is -0.142. The molecule has 2 N–H and O–H groups in total. The first kappa shape index (κ1) is 23.7. The van der Waals surface area contributed by atoms with E-state index in [9.17, 15) is 13.2 Å². The summed E-state index contributed by atoms with van der Waals surface area (Å²) in [7, 11) is 1.46. The third kappa shape index (κ3) is 6.66. The standard InChI is InChI=1S/C17H21BrF3N5.HI/c1-4-22-16(24-11(2)13-7-5-6-8-14(13)18)23-9-12-10-26(3)25-15(12)17(19,20)21;/h5-8,10-11H,4,9H2,1-3H3,(H2,22,23,24);1H. The summed E-state index contributed by atoms with van der Waals surface area (Å²) in [6, 6.07) is 7.66. The van der Waals surface area contributed by atoms with Gasteiger partial charge in [-0.25, -0.2) is 4.99 Å². The number of rotatable bonds is 5. The van der Waals surface area contributed by atoms with E-state index in [4.69, 9.17) is 0 Å². The lowest BCUT2D eigenvalue weighted by Gasteiger charge is -2.19. The molecule has 0 aliphatic carbocycles. The first-order chi connectivity index (χ1) is 12.2. The maximum atomic E-state index is 13.0. The topological polar surface area (TPSA) is 54.2 Å². The van der Waals surface area contributed by atoms with Crippen molar-refractivity contribution in [2.24, 2.45) is 12.0 Å². The fourth-order valence-corrected chi connectivity index (χ4v) is 3.11. The van der Waals surface area contributed by atoms with E-state index in [0.717, 1.165) is 14.7 Å². The van der Waals surface area contributed by atoms with Crippen LogP contribution in [0.15, 0.2) is 39.9 Å². The van der Waals surface area contributed by atoms with Crippen LogP contribution in [-0.2, 0) is 19.8 Å². The molecule has 5 nitrogen and oxygen atoms in total. The minimum absolute atomic E-state index is 0. The first-order valence-electron chi connectivity index (χ1n) is 8.11. The Morgan fingerprint density at radius 3 is 2.59 bits per heavy atom. The number of hydrogen-bond acceptors (Lipinski definition) is 2. The van der Waals surface area contributed by atoms with Crippen molar-refractivity contribution in [1.82, 2.24) is 20.4 Å². The normalized spacial score (nSPS) is 13.1. The molecule has 1 aromatic carbocycles. The fourth-order valence-electron chi connectivity index (χ4n) is 2.49. The molecule has 1 heterocycles. The second-order valence-corrected chi connectivity index (χ2v) is 6.61. The lowest BCUT2D eigenvalue weighted by atomic mass is 10.1. The molecule has 0 saturated carbocycles. The lowest BCUT2D eigenvalue weighted by Crippen LogP contribution is -2.38. The van der Waals surface area contributed by atoms with Crippen LogP contribution in [0.2, 0.25) is 0 Å². The van der Waals surface area contributed by atoms with Crippen molar-refractivity contribution in [3.8, 4) is 0 Å². The zero-order valence-corrected chi connectivity index (χ0v) is 19.1. The van der Waals surface area contributed by atoms with Crippen LogP contribution in [0.3, 0.4) is 0 Å². The van der Waals surface area contributed by atoms with Crippen molar-refractivity contribution in [1.29, 1.82) is 0 Å². The molecule has 0 fully saturated rings. The predicted octanol–water partition coefficient (Wildman–Crippen LogP) is 4.64. The Morgan fingerprint density at radius 1 is 1.33 bits per heavy atom. The van der Waals surface area contributed by atoms with Gasteiger partial charge in [0.2, 0.25) is 0 Å².